The molecular formula is C23H21N3O4S. The number of nitrogens with one attached hydrogen (secondary N) is 3. The number of carbonyl (C=O) groups excluding carboxylic acids is 2. The lowest BCUT2D eigenvalue weighted by Crippen LogP contribution is -2.32. The third kappa shape index (κ3) is 6.55. The maximum atomic E-state index is 12.2. The molecule has 0 radical (unpaired) electrons. The zero-order valence-corrected chi connectivity index (χ0v) is 17.6. The number of anilines is 1. The van der Waals surface area contributed by atoms with Crippen LogP contribution in [0.15, 0.2) is 77.4 Å². The van der Waals surface area contributed by atoms with E-state index in [-0.39, 0.29) is 16.9 Å². The zero-order valence-electron chi connectivity index (χ0n) is 16.8. The second-order valence-electron chi connectivity index (χ2n) is 6.36. The van der Waals surface area contributed by atoms with E-state index in [9.17, 15) is 9.59 Å². The van der Waals surface area contributed by atoms with Crippen molar-refractivity contribution in [1.82, 2.24) is 10.6 Å². The Morgan fingerprint density at radius 1 is 1.06 bits per heavy atom. The van der Waals surface area contributed by atoms with E-state index in [1.165, 1.54) is 6.08 Å². The van der Waals surface area contributed by atoms with Crippen molar-refractivity contribution < 1.29 is 18.7 Å². The summed E-state index contributed by atoms with van der Waals surface area (Å²) < 4.78 is 10.4. The first-order valence-corrected chi connectivity index (χ1v) is 9.79. The molecule has 2 aromatic carbocycles. The highest BCUT2D eigenvalue weighted by Gasteiger charge is 2.07. The van der Waals surface area contributed by atoms with Crippen molar-refractivity contribution in [2.75, 3.05) is 12.4 Å². The molecule has 0 fully saturated rings. The number of thiocarbonyl (C=S) groups is 1. The molecule has 1 aromatic heterocycles. The van der Waals surface area contributed by atoms with Gasteiger partial charge in [-0.2, -0.15) is 0 Å². The van der Waals surface area contributed by atoms with Crippen molar-refractivity contribution in [3.63, 3.8) is 0 Å². The number of para-hydroxylation sites is 1. The minimum atomic E-state index is -0.377. The molecule has 1 heterocycles. The van der Waals surface area contributed by atoms with Crippen molar-refractivity contribution >= 4 is 40.9 Å². The molecule has 3 N–H and O–H groups in total. The topological polar surface area (TPSA) is 92.6 Å². The second kappa shape index (κ2) is 10.7. The molecular weight excluding hydrogens is 414 g/mol. The first-order chi connectivity index (χ1) is 15.0. The molecule has 0 unspecified atom stereocenters. The molecule has 8 heteroatoms. The van der Waals surface area contributed by atoms with Crippen LogP contribution in [0.4, 0.5) is 5.69 Å². The summed E-state index contributed by atoms with van der Waals surface area (Å²) in [7, 11) is 1.57. The van der Waals surface area contributed by atoms with Crippen LogP contribution in [0.1, 0.15) is 21.7 Å². The number of furan rings is 1. The SMILES string of the molecule is COc1ccccc1/C=C/C(=O)NC(=S)Nc1ccc(C(=O)NCc2ccco2)cc1. The zero-order chi connectivity index (χ0) is 22.1. The van der Waals surface area contributed by atoms with E-state index in [0.717, 1.165) is 5.56 Å². The number of rotatable bonds is 7. The van der Waals surface area contributed by atoms with Crippen LogP contribution in [0.3, 0.4) is 0 Å². The Hall–Kier alpha value is -3.91. The van der Waals surface area contributed by atoms with Gasteiger partial charge in [-0.25, -0.2) is 0 Å². The lowest BCUT2D eigenvalue weighted by molar-refractivity contribution is -0.115. The van der Waals surface area contributed by atoms with E-state index < -0.39 is 0 Å². The van der Waals surface area contributed by atoms with Crippen LogP contribution in [0.25, 0.3) is 6.08 Å². The lowest BCUT2D eigenvalue weighted by Gasteiger charge is -2.09. The molecule has 158 valence electrons. The number of hydrogen-bond donors (Lipinski definition) is 3. The Bertz CT molecular complexity index is 1080. The highest BCUT2D eigenvalue weighted by molar-refractivity contribution is 7.80. The summed E-state index contributed by atoms with van der Waals surface area (Å²) in [4.78, 5) is 24.3. The highest BCUT2D eigenvalue weighted by atomic mass is 32.1. The summed E-state index contributed by atoms with van der Waals surface area (Å²) in [6.07, 6.45) is 4.57. The van der Waals surface area contributed by atoms with Crippen molar-refractivity contribution in [1.29, 1.82) is 0 Å². The molecule has 0 saturated carbocycles. The summed E-state index contributed by atoms with van der Waals surface area (Å²) in [6, 6.07) is 17.6. The van der Waals surface area contributed by atoms with Gasteiger partial charge in [-0.3, -0.25) is 14.9 Å². The Labute approximate surface area is 185 Å². The van der Waals surface area contributed by atoms with Gasteiger partial charge in [0, 0.05) is 22.9 Å². The Balaban J connectivity index is 1.49. The minimum Gasteiger partial charge on any atom is -0.496 e. The number of carbonyl (C=O) groups is 2. The molecule has 3 aromatic rings. The summed E-state index contributed by atoms with van der Waals surface area (Å²) in [5.74, 6) is 0.741. The van der Waals surface area contributed by atoms with E-state index in [1.807, 2.05) is 24.3 Å². The van der Waals surface area contributed by atoms with E-state index in [4.69, 9.17) is 21.4 Å². The third-order valence-corrected chi connectivity index (χ3v) is 4.40. The highest BCUT2D eigenvalue weighted by Crippen LogP contribution is 2.18. The van der Waals surface area contributed by atoms with Gasteiger partial charge < -0.3 is 19.8 Å². The Morgan fingerprint density at radius 2 is 1.84 bits per heavy atom. The molecule has 0 aliphatic carbocycles. The predicted molar refractivity (Wildman–Crippen MR) is 123 cm³/mol. The van der Waals surface area contributed by atoms with Crippen molar-refractivity contribution in [3.05, 3.63) is 89.9 Å². The number of hydrogen-bond acceptors (Lipinski definition) is 5. The normalized spacial score (nSPS) is 10.5. The molecule has 7 nitrogen and oxygen atoms in total. The van der Waals surface area contributed by atoms with Gasteiger partial charge in [0.05, 0.1) is 19.9 Å². The average Bonchev–Trinajstić information content (AvgIpc) is 3.30. The van der Waals surface area contributed by atoms with E-state index >= 15 is 0 Å². The van der Waals surface area contributed by atoms with Crippen molar-refractivity contribution in [2.24, 2.45) is 0 Å². The molecule has 2 amide bonds. The standard InChI is InChI=1S/C23H21N3O4S/c1-29-20-7-3-2-5-16(20)10-13-21(27)26-23(31)25-18-11-8-17(9-12-18)22(28)24-15-19-6-4-14-30-19/h2-14H,15H2,1H3,(H,24,28)(H2,25,26,27,31)/b13-10+. The monoisotopic (exact) mass is 435 g/mol. The van der Waals surface area contributed by atoms with Crippen LogP contribution in [0.5, 0.6) is 5.75 Å². The Kier molecular flexibility index (Phi) is 7.56. The number of amides is 2. The predicted octanol–water partition coefficient (Wildman–Crippen LogP) is 3.74. The minimum absolute atomic E-state index is 0.143. The van der Waals surface area contributed by atoms with E-state index in [1.54, 1.807) is 55.8 Å². The number of ether oxygens (including phenoxy) is 1. The molecule has 3 rings (SSSR count). The van der Waals surface area contributed by atoms with Crippen LogP contribution in [0, 0.1) is 0 Å². The maximum absolute atomic E-state index is 12.2. The lowest BCUT2D eigenvalue weighted by atomic mass is 10.2. The summed E-state index contributed by atoms with van der Waals surface area (Å²) in [6.45, 7) is 0.310. The average molecular weight is 436 g/mol. The van der Waals surface area contributed by atoms with Crippen LogP contribution < -0.4 is 20.7 Å². The van der Waals surface area contributed by atoms with Crippen LogP contribution in [0.2, 0.25) is 0 Å². The smallest absolute Gasteiger partial charge is 0.251 e. The molecule has 0 aliphatic rings. The van der Waals surface area contributed by atoms with Crippen molar-refractivity contribution in [3.8, 4) is 5.75 Å². The summed E-state index contributed by atoms with van der Waals surface area (Å²) in [5, 5.41) is 8.40. The van der Waals surface area contributed by atoms with Gasteiger partial charge in [0.15, 0.2) is 5.11 Å². The summed E-state index contributed by atoms with van der Waals surface area (Å²) >= 11 is 5.17. The Morgan fingerprint density at radius 3 is 2.55 bits per heavy atom. The first-order valence-electron chi connectivity index (χ1n) is 9.39. The van der Waals surface area contributed by atoms with E-state index in [2.05, 4.69) is 16.0 Å². The molecule has 0 bridgehead atoms. The fourth-order valence-corrected chi connectivity index (χ4v) is 2.89. The molecule has 31 heavy (non-hydrogen) atoms. The van der Waals surface area contributed by atoms with Gasteiger partial charge in [-0.05, 0) is 60.8 Å². The first kappa shape index (κ1) is 21.8. The van der Waals surface area contributed by atoms with Gasteiger partial charge in [0.25, 0.3) is 5.91 Å². The van der Waals surface area contributed by atoms with Gasteiger partial charge in [-0.15, -0.1) is 0 Å². The maximum Gasteiger partial charge on any atom is 0.251 e. The summed E-state index contributed by atoms with van der Waals surface area (Å²) in [5.41, 5.74) is 1.91. The van der Waals surface area contributed by atoms with Gasteiger partial charge >= 0.3 is 0 Å². The number of methoxy groups -OCH3 is 1. The largest absolute Gasteiger partial charge is 0.496 e. The number of benzene rings is 2. The van der Waals surface area contributed by atoms with Gasteiger partial charge in [0.1, 0.15) is 11.5 Å². The van der Waals surface area contributed by atoms with E-state index in [0.29, 0.717) is 29.3 Å². The second-order valence-corrected chi connectivity index (χ2v) is 6.77. The van der Waals surface area contributed by atoms with Gasteiger partial charge in [-0.1, -0.05) is 18.2 Å². The fourth-order valence-electron chi connectivity index (χ4n) is 2.67. The quantitative estimate of drug-likeness (QED) is 0.387. The molecule has 0 spiro atoms. The van der Waals surface area contributed by atoms with Crippen molar-refractivity contribution in [2.45, 2.75) is 6.54 Å². The molecule has 0 atom stereocenters. The van der Waals surface area contributed by atoms with Gasteiger partial charge in [0.2, 0.25) is 5.91 Å². The van der Waals surface area contributed by atoms with Crippen LogP contribution in [-0.4, -0.2) is 24.0 Å². The van der Waals surface area contributed by atoms with Crippen LogP contribution >= 0.6 is 12.2 Å². The molecule has 0 saturated heterocycles. The van der Waals surface area contributed by atoms with Crippen LogP contribution in [-0.2, 0) is 11.3 Å². The molecule has 0 aliphatic heterocycles. The third-order valence-electron chi connectivity index (χ3n) is 4.20. The fraction of sp³-hybridized carbons (Fsp3) is 0.0870.